The van der Waals surface area contributed by atoms with Crippen molar-refractivity contribution in [3.8, 4) is 5.75 Å². The third-order valence-electron chi connectivity index (χ3n) is 6.81. The first-order valence-electron chi connectivity index (χ1n) is 11.3. The maximum absolute atomic E-state index is 13.1. The Morgan fingerprint density at radius 3 is 2.73 bits per heavy atom. The number of fused-ring (bicyclic) bond motifs is 3. The fourth-order valence-electron chi connectivity index (χ4n) is 4.80. The van der Waals surface area contributed by atoms with E-state index in [1.807, 2.05) is 12.1 Å². The number of anilines is 1. The third kappa shape index (κ3) is 4.28. The van der Waals surface area contributed by atoms with Crippen molar-refractivity contribution >= 4 is 11.7 Å². The summed E-state index contributed by atoms with van der Waals surface area (Å²) in [6.07, 6.45) is -1.68. The van der Waals surface area contributed by atoms with E-state index in [9.17, 15) is 18.0 Å². The molecule has 10 heteroatoms. The number of alkyl halides is 3. The molecule has 0 bridgehead atoms. The number of ether oxygens (including phenoxy) is 2. The lowest BCUT2D eigenvalue weighted by atomic mass is 9.75. The van der Waals surface area contributed by atoms with E-state index in [1.165, 1.54) is 12.8 Å². The fourth-order valence-corrected chi connectivity index (χ4v) is 4.80. The standard InChI is InChI=1S/C23H27F3N4O3/c24-23(25,26)9-1-11-33-16-6-4-15(5-7-16)22-13-32-12-17(22)19-18(21(31)28-22)20(27)30(29-19)10-8-14-2-3-14/h4-7,14,17H,1-3,8-13,27H2,(H,28,31)/t17-,22+/m0/s1. The molecule has 1 aromatic heterocycles. The zero-order chi connectivity index (χ0) is 23.2. The van der Waals surface area contributed by atoms with Crippen molar-refractivity contribution in [3.63, 3.8) is 0 Å². The molecule has 2 aliphatic heterocycles. The van der Waals surface area contributed by atoms with E-state index in [0.717, 1.165) is 17.9 Å². The predicted molar refractivity (Wildman–Crippen MR) is 114 cm³/mol. The summed E-state index contributed by atoms with van der Waals surface area (Å²) in [5.74, 6) is 1.14. The maximum Gasteiger partial charge on any atom is 0.389 e. The number of hydrogen-bond donors (Lipinski definition) is 2. The summed E-state index contributed by atoms with van der Waals surface area (Å²) in [5, 5.41) is 7.86. The van der Waals surface area contributed by atoms with Crippen LogP contribution in [0.2, 0.25) is 0 Å². The zero-order valence-corrected chi connectivity index (χ0v) is 18.2. The SMILES string of the molecule is Nc1c2c(nn1CCC1CC1)[C@@H]1COC[C@]1(c1ccc(OCCCC(F)(F)F)cc1)NC2=O. The van der Waals surface area contributed by atoms with E-state index in [2.05, 4.69) is 5.32 Å². The topological polar surface area (TPSA) is 91.4 Å². The zero-order valence-electron chi connectivity index (χ0n) is 18.2. The first-order valence-corrected chi connectivity index (χ1v) is 11.3. The highest BCUT2D eigenvalue weighted by Gasteiger charge is 2.54. The average Bonchev–Trinajstić information content (AvgIpc) is 3.40. The number of carbonyl (C=O) groups is 1. The van der Waals surface area contributed by atoms with Gasteiger partial charge in [0.1, 0.15) is 17.1 Å². The van der Waals surface area contributed by atoms with E-state index in [1.54, 1.807) is 16.8 Å². The highest BCUT2D eigenvalue weighted by atomic mass is 19.4. The summed E-state index contributed by atoms with van der Waals surface area (Å²) >= 11 is 0. The van der Waals surface area contributed by atoms with Crippen molar-refractivity contribution in [3.05, 3.63) is 41.1 Å². The number of aryl methyl sites for hydroxylation is 1. The molecule has 178 valence electrons. The average molecular weight is 464 g/mol. The van der Waals surface area contributed by atoms with Crippen LogP contribution in [0.1, 0.15) is 59.6 Å². The highest BCUT2D eigenvalue weighted by Crippen LogP contribution is 2.47. The van der Waals surface area contributed by atoms with Gasteiger partial charge in [0.2, 0.25) is 0 Å². The van der Waals surface area contributed by atoms with Gasteiger partial charge in [0.05, 0.1) is 37.0 Å². The smallest absolute Gasteiger partial charge is 0.389 e. The molecule has 5 rings (SSSR count). The summed E-state index contributed by atoms with van der Waals surface area (Å²) in [4.78, 5) is 13.1. The van der Waals surface area contributed by atoms with Crippen molar-refractivity contribution in [1.29, 1.82) is 0 Å². The first kappa shape index (κ1) is 22.1. The second-order valence-electron chi connectivity index (χ2n) is 9.19. The number of nitrogens with two attached hydrogens (primary N) is 1. The van der Waals surface area contributed by atoms with E-state index >= 15 is 0 Å². The molecular formula is C23H27F3N4O3. The molecule has 7 nitrogen and oxygen atoms in total. The molecule has 3 N–H and O–H groups in total. The number of benzene rings is 1. The Bertz CT molecular complexity index is 1030. The van der Waals surface area contributed by atoms with E-state index < -0.39 is 18.1 Å². The van der Waals surface area contributed by atoms with Crippen LogP contribution in [0.15, 0.2) is 24.3 Å². The molecule has 2 atom stereocenters. The van der Waals surface area contributed by atoms with Crippen LogP contribution in [0.4, 0.5) is 19.0 Å². The minimum Gasteiger partial charge on any atom is -0.494 e. The molecule has 0 spiro atoms. The molecule has 1 amide bonds. The molecule has 2 fully saturated rings. The number of amides is 1. The highest BCUT2D eigenvalue weighted by molar-refractivity contribution is 6.02. The molecule has 3 aliphatic rings. The van der Waals surface area contributed by atoms with Crippen molar-refractivity contribution in [2.24, 2.45) is 5.92 Å². The third-order valence-corrected chi connectivity index (χ3v) is 6.81. The number of rotatable bonds is 8. The first-order chi connectivity index (χ1) is 15.8. The lowest BCUT2D eigenvalue weighted by Crippen LogP contribution is -2.53. The Morgan fingerprint density at radius 2 is 2.03 bits per heavy atom. The van der Waals surface area contributed by atoms with E-state index in [-0.39, 0.29) is 24.9 Å². The minimum atomic E-state index is -4.18. The van der Waals surface area contributed by atoms with Gasteiger partial charge in [0, 0.05) is 13.0 Å². The number of nitrogens with zero attached hydrogens (tertiary/aromatic N) is 2. The number of nitrogen functional groups attached to an aromatic ring is 1. The normalized spacial score (nSPS) is 24.3. The molecule has 1 saturated heterocycles. The predicted octanol–water partition coefficient (Wildman–Crippen LogP) is 3.74. The summed E-state index contributed by atoms with van der Waals surface area (Å²) in [5.41, 5.74) is 7.45. The van der Waals surface area contributed by atoms with Crippen LogP contribution in [0.3, 0.4) is 0 Å². The minimum absolute atomic E-state index is 0.0204. The largest absolute Gasteiger partial charge is 0.494 e. The molecule has 33 heavy (non-hydrogen) atoms. The van der Waals surface area contributed by atoms with Crippen LogP contribution in [-0.4, -0.2) is 41.7 Å². The molecular weight excluding hydrogens is 437 g/mol. The van der Waals surface area contributed by atoms with Gasteiger partial charge in [-0.15, -0.1) is 0 Å². The number of halogens is 3. The van der Waals surface area contributed by atoms with Gasteiger partial charge in [-0.2, -0.15) is 18.3 Å². The monoisotopic (exact) mass is 464 g/mol. The molecule has 0 radical (unpaired) electrons. The Labute approximate surface area is 189 Å². The van der Waals surface area contributed by atoms with Gasteiger partial charge in [-0.1, -0.05) is 25.0 Å². The van der Waals surface area contributed by atoms with Crippen LogP contribution < -0.4 is 15.8 Å². The molecule has 1 saturated carbocycles. The lowest BCUT2D eigenvalue weighted by Gasteiger charge is -2.38. The Morgan fingerprint density at radius 1 is 1.27 bits per heavy atom. The van der Waals surface area contributed by atoms with Crippen LogP contribution >= 0.6 is 0 Å². The van der Waals surface area contributed by atoms with Gasteiger partial charge in [-0.25, -0.2) is 4.68 Å². The maximum atomic E-state index is 13.1. The van der Waals surface area contributed by atoms with Crippen LogP contribution in [0, 0.1) is 5.92 Å². The molecule has 3 heterocycles. The van der Waals surface area contributed by atoms with Crippen LogP contribution in [0.25, 0.3) is 0 Å². The molecule has 1 aliphatic carbocycles. The van der Waals surface area contributed by atoms with Gasteiger partial charge in [-0.3, -0.25) is 4.79 Å². The van der Waals surface area contributed by atoms with E-state index in [4.69, 9.17) is 20.3 Å². The van der Waals surface area contributed by atoms with Gasteiger partial charge < -0.3 is 20.5 Å². The summed E-state index contributed by atoms with van der Waals surface area (Å²) in [6, 6.07) is 7.05. The van der Waals surface area contributed by atoms with Gasteiger partial charge in [0.15, 0.2) is 0 Å². The quantitative estimate of drug-likeness (QED) is 0.581. The summed E-state index contributed by atoms with van der Waals surface area (Å²) < 4.78 is 49.9. The number of aromatic nitrogens is 2. The number of hydrogen-bond acceptors (Lipinski definition) is 5. The molecule has 1 aromatic carbocycles. The van der Waals surface area contributed by atoms with Gasteiger partial charge in [0.25, 0.3) is 5.91 Å². The molecule has 2 aromatic rings. The van der Waals surface area contributed by atoms with Gasteiger partial charge >= 0.3 is 6.18 Å². The second kappa shape index (κ2) is 8.23. The summed E-state index contributed by atoms with van der Waals surface area (Å²) in [7, 11) is 0. The van der Waals surface area contributed by atoms with Crippen molar-refractivity contribution in [2.75, 3.05) is 25.6 Å². The Hall–Kier alpha value is -2.75. The molecule has 0 unspecified atom stereocenters. The second-order valence-corrected chi connectivity index (χ2v) is 9.19. The van der Waals surface area contributed by atoms with Crippen molar-refractivity contribution in [2.45, 2.75) is 56.3 Å². The fraction of sp³-hybridized carbons (Fsp3) is 0.565. The van der Waals surface area contributed by atoms with Crippen molar-refractivity contribution in [1.82, 2.24) is 15.1 Å². The Balaban J connectivity index is 1.34. The van der Waals surface area contributed by atoms with Crippen molar-refractivity contribution < 1.29 is 27.4 Å². The van der Waals surface area contributed by atoms with Crippen LogP contribution in [0.5, 0.6) is 5.75 Å². The Kier molecular flexibility index (Phi) is 5.50. The number of carbonyl (C=O) groups excluding carboxylic acids is 1. The van der Waals surface area contributed by atoms with Gasteiger partial charge in [-0.05, 0) is 36.5 Å². The summed E-state index contributed by atoms with van der Waals surface area (Å²) in [6.45, 7) is 1.37. The number of nitrogens with one attached hydrogen (secondary N) is 1. The van der Waals surface area contributed by atoms with E-state index in [0.29, 0.717) is 42.6 Å². The lowest BCUT2D eigenvalue weighted by molar-refractivity contribution is -0.136. The van der Waals surface area contributed by atoms with Crippen LogP contribution in [-0.2, 0) is 16.8 Å².